The Labute approximate surface area is 550 Å². The van der Waals surface area contributed by atoms with Crippen LogP contribution < -0.4 is 5.32 Å². The van der Waals surface area contributed by atoms with Crippen molar-refractivity contribution in [1.82, 2.24) is 45.2 Å². The first-order chi connectivity index (χ1) is 45.4. The van der Waals surface area contributed by atoms with Gasteiger partial charge in [0.1, 0.15) is 6.04 Å². The van der Waals surface area contributed by atoms with Gasteiger partial charge in [0, 0.05) is 103 Å². The highest BCUT2D eigenvalue weighted by Crippen LogP contribution is 2.46. The van der Waals surface area contributed by atoms with Gasteiger partial charge >= 0.3 is 41.8 Å². The summed E-state index contributed by atoms with van der Waals surface area (Å²) in [5.74, 6) is -11.3. The largest absolute Gasteiger partial charge is 0.481 e. The number of hydrogen-bond acceptors (Lipinski definition) is 12. The number of carboxylic acids is 7. The quantitative estimate of drug-likeness (QED) is 0.0338. The molecule has 6 aromatic heterocycles. The van der Waals surface area contributed by atoms with Crippen molar-refractivity contribution >= 4 is 114 Å². The zero-order valence-electron chi connectivity index (χ0n) is 55.0. The van der Waals surface area contributed by atoms with E-state index in [0.717, 1.165) is 78.7 Å². The number of amides is 1. The van der Waals surface area contributed by atoms with E-state index in [1.165, 1.54) is 0 Å². The molecule has 24 nitrogen and oxygen atoms in total. The summed E-state index contributed by atoms with van der Waals surface area (Å²) >= 11 is 0. The molecular weight excluding hydrogens is 1230 g/mol. The van der Waals surface area contributed by atoms with Gasteiger partial charge in [-0.1, -0.05) is 53.0 Å². The normalized spacial score (nSPS) is 16.1. The van der Waals surface area contributed by atoms with Gasteiger partial charge in [-0.15, -0.1) is 0 Å². The Bertz CT molecular complexity index is 4780. The fourth-order valence-electron chi connectivity index (χ4n) is 13.7. The Morgan fingerprint density at radius 1 is 0.490 bits per heavy atom. The van der Waals surface area contributed by atoms with Crippen LogP contribution in [0.1, 0.15) is 208 Å². The number of H-pyrrole nitrogens is 4. The summed E-state index contributed by atoms with van der Waals surface area (Å²) in [5.41, 5.74) is 17.3. The van der Waals surface area contributed by atoms with Gasteiger partial charge in [0.05, 0.1) is 75.6 Å². The summed E-state index contributed by atoms with van der Waals surface area (Å²) in [6, 6.07) is 9.47. The number of rotatable bonds is 20. The lowest BCUT2D eigenvalue weighted by atomic mass is 9.85. The molecule has 10 heterocycles. The van der Waals surface area contributed by atoms with Gasteiger partial charge in [0.25, 0.3) is 0 Å². The summed E-state index contributed by atoms with van der Waals surface area (Å²) in [7, 11) is 0. The molecule has 0 radical (unpaired) electrons. The van der Waals surface area contributed by atoms with E-state index in [2.05, 4.69) is 38.4 Å². The van der Waals surface area contributed by atoms with Crippen molar-refractivity contribution < 1.29 is 74.1 Å². The van der Waals surface area contributed by atoms with Gasteiger partial charge in [-0.2, -0.15) is 0 Å². The minimum atomic E-state index is -1.76. The predicted octanol–water partition coefficient (Wildman–Crippen LogP) is 12.3. The minimum absolute atomic E-state index is 0.0388. The number of hydrogen-bond donors (Lipinski definition) is 12. The molecule has 0 saturated heterocycles. The van der Waals surface area contributed by atoms with Crippen molar-refractivity contribution in [3.63, 3.8) is 0 Å². The number of aliphatic carboxylic acids is 5. The van der Waals surface area contributed by atoms with E-state index < -0.39 is 90.8 Å². The second kappa shape index (κ2) is 27.9. The number of carbonyl (C=O) groups is 8. The molecule has 1 amide bonds. The van der Waals surface area contributed by atoms with Crippen LogP contribution in [-0.4, -0.2) is 129 Å². The molecule has 4 aliphatic heterocycles. The Kier molecular flexibility index (Phi) is 20.1. The fraction of sp³-hybridized carbons (Fsp3) is 0.333. The van der Waals surface area contributed by atoms with Crippen LogP contribution in [0.15, 0.2) is 61.7 Å². The van der Waals surface area contributed by atoms with Gasteiger partial charge in [-0.05, 0) is 148 Å². The van der Waals surface area contributed by atoms with Crippen LogP contribution in [0, 0.1) is 27.7 Å². The van der Waals surface area contributed by atoms with Gasteiger partial charge in [-0.3, -0.25) is 33.9 Å². The number of aryl methyl sites for hydroxylation is 6. The van der Waals surface area contributed by atoms with Crippen LogP contribution in [0.3, 0.4) is 0 Å². The monoisotopic (exact) mass is 1310 g/mol. The Morgan fingerprint density at radius 3 is 1.23 bits per heavy atom. The number of fused-ring (bicyclic) bond motifs is 16. The first-order valence-corrected chi connectivity index (χ1v) is 31.5. The molecule has 5 atom stereocenters. The number of nitrogens with zero attached hydrogens (tertiary/aromatic N) is 4. The maximum atomic E-state index is 13.6. The lowest BCUT2D eigenvalue weighted by molar-refractivity contribution is -0.147. The molecule has 6 aromatic rings. The van der Waals surface area contributed by atoms with E-state index in [1.807, 2.05) is 79.7 Å². The number of aromatic nitrogens is 8. The van der Waals surface area contributed by atoms with Crippen molar-refractivity contribution in [3.05, 3.63) is 163 Å². The highest BCUT2D eigenvalue weighted by atomic mass is 16.4. The SMILES string of the molecule is C=CC1=C(C)c2cc3nc(c(CC(=O)N[C@@H](CC(=O)O)C(=O)O)c4[nH]c(cc5[nH]c(cc1n2)c(C)c5CC)c(C)c4C(=O)O)[C@@H](CCC(=O)O)[C@@H]3C.C=CC1=C(C)c2cc3nc(c(CC(=O)O)c4[nH]c(cc5[nH]c(cc1n2)c(C)c5CC)c(C)c4C(=O)O)[C@@H](CCC(=O)O)[C@@H]3C. The standard InChI is InChI=1S/C38H41N5O9.C34H36N4O6/c1-7-20-16(3)24-12-26-18(5)22(9-10-32(45)46)35(42-26)23(11-31(44)41-30(37(49)50)15-33(47)48)36-34(38(51)52)19(6)27(43-36)14-29-21(8-2)17(4)25(40-29)13-28(20)39-24;1-7-19-15(3)23-12-25-17(5)21(9-10-29(39)40)32(37-25)22(11-30(41)42)33-31(34(43)44)18(6)26(38-33)14-28-20(8-2)16(4)24(36-28)13-27(19)35-23/h7,12-14,18,22,30,40,43H,1,8-11,15H2,2-6H3,(H,41,44)(H,45,46)(H,47,48)(H,49,50)(H,51,52);7,12-14,17,21,36,38H,1,8-11H2,2-6H3,(H,39,40)(H,41,42)(H,43,44)/t18-,22-,30-;17-,21-/m00/s1. The number of nitrogens with one attached hydrogen (secondary N) is 5. The molecule has 24 heteroatoms. The van der Waals surface area contributed by atoms with Crippen LogP contribution >= 0.6 is 0 Å². The van der Waals surface area contributed by atoms with E-state index >= 15 is 0 Å². The van der Waals surface area contributed by atoms with Gasteiger partial charge in [-0.25, -0.2) is 24.4 Å². The van der Waals surface area contributed by atoms with Gasteiger partial charge < -0.3 is 61.0 Å². The molecule has 10 rings (SSSR count). The van der Waals surface area contributed by atoms with E-state index in [0.29, 0.717) is 62.7 Å². The molecule has 0 aromatic carbocycles. The molecule has 12 N–H and O–H groups in total. The highest BCUT2D eigenvalue weighted by molar-refractivity contribution is 6.05. The number of carboxylic acid groups (broad SMARTS) is 7. The zero-order valence-corrected chi connectivity index (χ0v) is 55.0. The smallest absolute Gasteiger partial charge is 0.338 e. The third-order valence-electron chi connectivity index (χ3n) is 18.9. The van der Waals surface area contributed by atoms with Gasteiger partial charge in [0.15, 0.2) is 0 Å². The molecular formula is C72H77N9O15. The van der Waals surface area contributed by atoms with Crippen LogP contribution in [-0.2, 0) is 54.5 Å². The van der Waals surface area contributed by atoms with Crippen molar-refractivity contribution in [2.45, 2.75) is 157 Å². The van der Waals surface area contributed by atoms with Crippen LogP contribution in [0.2, 0.25) is 0 Å². The van der Waals surface area contributed by atoms with Crippen LogP contribution in [0.4, 0.5) is 0 Å². The maximum absolute atomic E-state index is 13.6. The summed E-state index contributed by atoms with van der Waals surface area (Å²) in [5, 5.41) is 71.3. The third kappa shape index (κ3) is 13.5. The van der Waals surface area contributed by atoms with E-state index in [9.17, 15) is 74.1 Å². The van der Waals surface area contributed by atoms with E-state index in [4.69, 9.17) is 19.9 Å². The zero-order chi connectivity index (χ0) is 70.2. The lowest BCUT2D eigenvalue weighted by Crippen LogP contribution is -2.43. The Hall–Kier alpha value is -11.0. The molecule has 0 saturated carbocycles. The molecule has 16 bridgehead atoms. The molecule has 500 valence electrons. The Morgan fingerprint density at radius 2 is 0.885 bits per heavy atom. The van der Waals surface area contributed by atoms with Crippen molar-refractivity contribution in [2.75, 3.05) is 0 Å². The molecule has 0 spiro atoms. The van der Waals surface area contributed by atoms with Crippen molar-refractivity contribution in [1.29, 1.82) is 0 Å². The fourth-order valence-corrected chi connectivity index (χ4v) is 13.7. The first kappa shape index (κ1) is 69.3. The summed E-state index contributed by atoms with van der Waals surface area (Å²) in [6.07, 6.45) is 2.77. The topological polar surface area (TPSA) is 405 Å². The van der Waals surface area contributed by atoms with Crippen LogP contribution in [0.5, 0.6) is 0 Å². The average molecular weight is 1310 g/mol. The number of aromatic carboxylic acids is 2. The molecule has 96 heavy (non-hydrogen) atoms. The minimum Gasteiger partial charge on any atom is -0.481 e. The lowest BCUT2D eigenvalue weighted by Gasteiger charge is -2.18. The number of carbonyl (C=O) groups excluding carboxylic acids is 1. The maximum Gasteiger partial charge on any atom is 0.338 e. The molecule has 0 aliphatic carbocycles. The summed E-state index contributed by atoms with van der Waals surface area (Å²) in [4.78, 5) is 131. The van der Waals surface area contributed by atoms with Crippen molar-refractivity contribution in [3.8, 4) is 0 Å². The summed E-state index contributed by atoms with van der Waals surface area (Å²) < 4.78 is 0. The van der Waals surface area contributed by atoms with E-state index in [1.54, 1.807) is 38.1 Å². The third-order valence-corrected chi connectivity index (χ3v) is 18.9. The highest BCUT2D eigenvalue weighted by Gasteiger charge is 2.37. The average Bonchev–Trinajstić information content (AvgIpc) is 1.59. The van der Waals surface area contributed by atoms with Crippen LogP contribution in [0.25, 0.3) is 66.4 Å². The Balaban J connectivity index is 0.000000228. The second-order valence-electron chi connectivity index (χ2n) is 24.6. The summed E-state index contributed by atoms with van der Waals surface area (Å²) in [6.45, 7) is 27.1. The number of allylic oxidation sites excluding steroid dienone is 6. The molecule has 0 unspecified atom stereocenters. The van der Waals surface area contributed by atoms with Crippen molar-refractivity contribution in [2.24, 2.45) is 0 Å². The second-order valence-corrected chi connectivity index (χ2v) is 24.6. The first-order valence-electron chi connectivity index (χ1n) is 31.5. The predicted molar refractivity (Wildman–Crippen MR) is 362 cm³/mol. The van der Waals surface area contributed by atoms with Gasteiger partial charge in [0.2, 0.25) is 5.91 Å². The number of aromatic amines is 4. The van der Waals surface area contributed by atoms with E-state index in [-0.39, 0.29) is 70.6 Å². The molecule has 0 fully saturated rings. The molecule has 4 aliphatic rings.